The first-order chi connectivity index (χ1) is 10.5. The lowest BCUT2D eigenvalue weighted by Crippen LogP contribution is -2.05. The maximum atomic E-state index is 11.3. The van der Waals surface area contributed by atoms with Gasteiger partial charge in [0.2, 0.25) is 0 Å². The Morgan fingerprint density at radius 1 is 1.14 bits per heavy atom. The van der Waals surface area contributed by atoms with Crippen molar-refractivity contribution in [3.63, 3.8) is 0 Å². The summed E-state index contributed by atoms with van der Waals surface area (Å²) >= 11 is 0. The van der Waals surface area contributed by atoms with E-state index in [1.165, 1.54) is 11.1 Å². The molecule has 3 aromatic rings. The molecule has 1 N–H and O–H groups in total. The number of rotatable bonds is 3. The molecule has 2 heterocycles. The zero-order valence-corrected chi connectivity index (χ0v) is 12.9. The van der Waals surface area contributed by atoms with Gasteiger partial charge in [0, 0.05) is 11.8 Å². The van der Waals surface area contributed by atoms with Crippen molar-refractivity contribution in [1.29, 1.82) is 0 Å². The number of aliphatic carboxylic acids is 1. The van der Waals surface area contributed by atoms with Crippen LogP contribution in [0.15, 0.2) is 36.5 Å². The Kier molecular flexibility index (Phi) is 3.45. The topological polar surface area (TPSA) is 54.6 Å². The average Bonchev–Trinajstić information content (AvgIpc) is 2.79. The number of pyridine rings is 1. The molecule has 0 saturated heterocycles. The van der Waals surface area contributed by atoms with E-state index in [9.17, 15) is 9.90 Å². The lowest BCUT2D eigenvalue weighted by molar-refractivity contribution is -0.136. The fourth-order valence-electron chi connectivity index (χ4n) is 2.63. The third-order valence-corrected chi connectivity index (χ3v) is 3.96. The van der Waals surface area contributed by atoms with E-state index in [0.29, 0.717) is 0 Å². The Bertz CT molecular complexity index is 878. The number of imidazole rings is 1. The first-order valence-corrected chi connectivity index (χ1v) is 7.22. The zero-order chi connectivity index (χ0) is 15.9. The average molecular weight is 294 g/mol. The van der Waals surface area contributed by atoms with Crippen molar-refractivity contribution in [2.75, 3.05) is 0 Å². The molecule has 0 aliphatic heterocycles. The second-order valence-electron chi connectivity index (χ2n) is 5.71. The molecule has 0 aliphatic carbocycles. The normalized spacial score (nSPS) is 11.0. The summed E-state index contributed by atoms with van der Waals surface area (Å²) in [5.41, 5.74) is 6.65. The fraction of sp³-hybridized carbons (Fsp3) is 0.222. The van der Waals surface area contributed by atoms with E-state index >= 15 is 0 Å². The van der Waals surface area contributed by atoms with Crippen LogP contribution in [0.2, 0.25) is 0 Å². The molecule has 22 heavy (non-hydrogen) atoms. The molecular weight excluding hydrogens is 276 g/mol. The number of carboxylic acid groups (broad SMARTS) is 1. The van der Waals surface area contributed by atoms with Crippen molar-refractivity contribution in [3.8, 4) is 11.3 Å². The van der Waals surface area contributed by atoms with Gasteiger partial charge in [0.05, 0.1) is 17.8 Å². The lowest BCUT2D eigenvalue weighted by Gasteiger charge is -2.06. The minimum absolute atomic E-state index is 0.0487. The second-order valence-corrected chi connectivity index (χ2v) is 5.71. The number of benzene rings is 1. The van der Waals surface area contributed by atoms with Crippen molar-refractivity contribution in [2.24, 2.45) is 0 Å². The summed E-state index contributed by atoms with van der Waals surface area (Å²) in [5.74, 6) is -0.853. The molecule has 0 aliphatic rings. The predicted octanol–water partition coefficient (Wildman–Crippen LogP) is 3.55. The largest absolute Gasteiger partial charge is 0.481 e. The molecule has 0 spiro atoms. The quantitative estimate of drug-likeness (QED) is 0.803. The molecule has 2 aromatic heterocycles. The molecule has 4 nitrogen and oxygen atoms in total. The number of hydrogen-bond donors (Lipinski definition) is 1. The van der Waals surface area contributed by atoms with Crippen LogP contribution in [0.4, 0.5) is 0 Å². The second kappa shape index (κ2) is 5.30. The fourth-order valence-corrected chi connectivity index (χ4v) is 2.63. The Labute approximate surface area is 129 Å². The summed E-state index contributed by atoms with van der Waals surface area (Å²) in [6, 6.07) is 10.0. The number of aromatic nitrogens is 2. The molecule has 0 fully saturated rings. The van der Waals surface area contributed by atoms with E-state index in [4.69, 9.17) is 0 Å². The first kappa shape index (κ1) is 14.3. The van der Waals surface area contributed by atoms with E-state index in [2.05, 4.69) is 24.9 Å². The van der Waals surface area contributed by atoms with Gasteiger partial charge in [-0.3, -0.25) is 4.79 Å². The molecule has 0 atom stereocenters. The van der Waals surface area contributed by atoms with Crippen molar-refractivity contribution in [3.05, 3.63) is 58.9 Å². The van der Waals surface area contributed by atoms with Crippen LogP contribution >= 0.6 is 0 Å². The number of carboxylic acids is 1. The van der Waals surface area contributed by atoms with E-state index in [1.54, 1.807) is 0 Å². The van der Waals surface area contributed by atoms with Gasteiger partial charge in [0.25, 0.3) is 0 Å². The monoisotopic (exact) mass is 294 g/mol. The highest BCUT2D eigenvalue weighted by Crippen LogP contribution is 2.27. The third kappa shape index (κ3) is 2.48. The smallest absolute Gasteiger partial charge is 0.309 e. The van der Waals surface area contributed by atoms with Crippen LogP contribution in [0.1, 0.15) is 22.4 Å². The highest BCUT2D eigenvalue weighted by Gasteiger charge is 2.17. The molecule has 0 radical (unpaired) electrons. The minimum atomic E-state index is -0.853. The summed E-state index contributed by atoms with van der Waals surface area (Å²) in [7, 11) is 0. The first-order valence-electron chi connectivity index (χ1n) is 7.22. The van der Waals surface area contributed by atoms with Crippen molar-refractivity contribution >= 4 is 11.6 Å². The molecule has 0 bridgehead atoms. The molecule has 0 amide bonds. The van der Waals surface area contributed by atoms with Crippen LogP contribution in [0.3, 0.4) is 0 Å². The van der Waals surface area contributed by atoms with Gasteiger partial charge >= 0.3 is 5.97 Å². The van der Waals surface area contributed by atoms with Crippen LogP contribution in [-0.2, 0) is 11.2 Å². The number of aryl methyl sites for hydroxylation is 3. The molecule has 4 heteroatoms. The summed E-state index contributed by atoms with van der Waals surface area (Å²) in [5, 5.41) is 9.24. The van der Waals surface area contributed by atoms with E-state index in [1.807, 2.05) is 41.8 Å². The predicted molar refractivity (Wildman–Crippen MR) is 86.2 cm³/mol. The van der Waals surface area contributed by atoms with E-state index < -0.39 is 5.97 Å². The molecule has 112 valence electrons. The summed E-state index contributed by atoms with van der Waals surface area (Å²) in [6.45, 7) is 6.10. The maximum Gasteiger partial charge on any atom is 0.309 e. The molecule has 3 rings (SSSR count). The summed E-state index contributed by atoms with van der Waals surface area (Å²) < 4.78 is 1.88. The highest BCUT2D eigenvalue weighted by atomic mass is 16.4. The van der Waals surface area contributed by atoms with E-state index in [-0.39, 0.29) is 6.42 Å². The highest BCUT2D eigenvalue weighted by molar-refractivity contribution is 5.76. The van der Waals surface area contributed by atoms with Crippen molar-refractivity contribution < 1.29 is 9.90 Å². The van der Waals surface area contributed by atoms with Crippen LogP contribution in [0, 0.1) is 20.8 Å². The zero-order valence-electron chi connectivity index (χ0n) is 12.9. The maximum absolute atomic E-state index is 11.3. The van der Waals surface area contributed by atoms with Gasteiger partial charge in [-0.05, 0) is 49.6 Å². The number of carbonyl (C=O) groups is 1. The van der Waals surface area contributed by atoms with E-state index in [0.717, 1.165) is 28.2 Å². The number of hydrogen-bond acceptors (Lipinski definition) is 2. The van der Waals surface area contributed by atoms with Crippen molar-refractivity contribution in [1.82, 2.24) is 9.38 Å². The van der Waals surface area contributed by atoms with Crippen LogP contribution < -0.4 is 0 Å². The van der Waals surface area contributed by atoms with Gasteiger partial charge in [-0.25, -0.2) is 4.98 Å². The van der Waals surface area contributed by atoms with Gasteiger partial charge in [-0.2, -0.15) is 0 Å². The van der Waals surface area contributed by atoms with Crippen molar-refractivity contribution in [2.45, 2.75) is 27.2 Å². The van der Waals surface area contributed by atoms with Gasteiger partial charge < -0.3 is 9.51 Å². The standard InChI is InChI=1S/C18H18N2O2/c1-11-4-7-16-19-18(14-6-5-12(2)13(3)8-14)15(9-17(21)22)20(16)10-11/h4-8,10H,9H2,1-3H3,(H,21,22). The number of fused-ring (bicyclic) bond motifs is 1. The van der Waals surface area contributed by atoms with Crippen LogP contribution in [0.5, 0.6) is 0 Å². The SMILES string of the molecule is Cc1ccc2nc(-c3ccc(C)c(C)c3)c(CC(=O)O)n2c1. The van der Waals surface area contributed by atoms with Gasteiger partial charge in [0.15, 0.2) is 0 Å². The lowest BCUT2D eigenvalue weighted by atomic mass is 10.0. The molecule has 1 aromatic carbocycles. The van der Waals surface area contributed by atoms with Gasteiger partial charge in [-0.1, -0.05) is 18.2 Å². The molecule has 0 saturated carbocycles. The Balaban J connectivity index is 2.27. The minimum Gasteiger partial charge on any atom is -0.481 e. The summed E-state index contributed by atoms with van der Waals surface area (Å²) in [6.07, 6.45) is 1.89. The Morgan fingerprint density at radius 2 is 1.91 bits per heavy atom. The van der Waals surface area contributed by atoms with Crippen LogP contribution in [0.25, 0.3) is 16.9 Å². The van der Waals surface area contributed by atoms with Gasteiger partial charge in [0.1, 0.15) is 5.65 Å². The third-order valence-electron chi connectivity index (χ3n) is 3.96. The Hall–Kier alpha value is -2.62. The Morgan fingerprint density at radius 3 is 2.59 bits per heavy atom. The molecular formula is C18H18N2O2. The van der Waals surface area contributed by atoms with Crippen LogP contribution in [-0.4, -0.2) is 20.5 Å². The summed E-state index contributed by atoms with van der Waals surface area (Å²) in [4.78, 5) is 15.9. The van der Waals surface area contributed by atoms with Gasteiger partial charge in [-0.15, -0.1) is 0 Å². The number of nitrogens with zero attached hydrogens (tertiary/aromatic N) is 2. The molecule has 0 unspecified atom stereocenters.